The molecule has 0 amide bonds. The highest BCUT2D eigenvalue weighted by Gasteiger charge is 2.47. The molecular formula is C11H18O4. The molecule has 15 heavy (non-hydrogen) atoms. The predicted octanol–water partition coefficient (Wildman–Crippen LogP) is 1.83. The molecule has 1 saturated carbocycles. The van der Waals surface area contributed by atoms with Crippen LogP contribution in [-0.4, -0.2) is 23.7 Å². The molecule has 0 saturated heterocycles. The van der Waals surface area contributed by atoms with Gasteiger partial charge in [-0.1, -0.05) is 12.8 Å². The number of carboxylic acid groups (broad SMARTS) is 1. The van der Waals surface area contributed by atoms with Crippen LogP contribution in [0.25, 0.3) is 0 Å². The van der Waals surface area contributed by atoms with Crippen molar-refractivity contribution < 1.29 is 19.4 Å². The third-order valence-electron chi connectivity index (χ3n) is 3.27. The second kappa shape index (κ2) is 4.64. The number of hydrogen-bond acceptors (Lipinski definition) is 3. The van der Waals surface area contributed by atoms with Crippen molar-refractivity contribution in [2.45, 2.75) is 39.5 Å². The van der Waals surface area contributed by atoms with Crippen LogP contribution in [0.1, 0.15) is 39.5 Å². The topological polar surface area (TPSA) is 63.6 Å². The third-order valence-corrected chi connectivity index (χ3v) is 3.27. The molecule has 4 heteroatoms. The van der Waals surface area contributed by atoms with E-state index in [0.29, 0.717) is 19.4 Å². The van der Waals surface area contributed by atoms with E-state index in [4.69, 9.17) is 4.74 Å². The molecule has 0 aromatic rings. The maximum absolute atomic E-state index is 11.6. The van der Waals surface area contributed by atoms with Crippen molar-refractivity contribution in [1.29, 1.82) is 0 Å². The average Bonchev–Trinajstić information content (AvgIpc) is 2.18. The summed E-state index contributed by atoms with van der Waals surface area (Å²) in [5, 5.41) is 9.18. The highest BCUT2D eigenvalue weighted by molar-refractivity contribution is 5.84. The van der Waals surface area contributed by atoms with Gasteiger partial charge in [0.25, 0.3) is 0 Å². The van der Waals surface area contributed by atoms with Gasteiger partial charge in [0.2, 0.25) is 0 Å². The fraction of sp³-hybridized carbons (Fsp3) is 0.818. The van der Waals surface area contributed by atoms with Gasteiger partial charge in [0.05, 0.1) is 17.9 Å². The van der Waals surface area contributed by atoms with Gasteiger partial charge in [-0.2, -0.15) is 0 Å². The molecule has 0 aromatic heterocycles. The molecule has 2 atom stereocenters. The van der Waals surface area contributed by atoms with Crippen molar-refractivity contribution in [3.63, 3.8) is 0 Å². The second-order valence-corrected chi connectivity index (χ2v) is 4.27. The van der Waals surface area contributed by atoms with Gasteiger partial charge in [0.1, 0.15) is 0 Å². The molecule has 1 aliphatic carbocycles. The first-order chi connectivity index (χ1) is 7.02. The zero-order valence-corrected chi connectivity index (χ0v) is 9.28. The summed E-state index contributed by atoms with van der Waals surface area (Å²) in [6.45, 7) is 3.69. The summed E-state index contributed by atoms with van der Waals surface area (Å²) in [5.41, 5.74) is -0.940. The lowest BCUT2D eigenvalue weighted by atomic mass is 9.67. The van der Waals surface area contributed by atoms with Gasteiger partial charge in [0.15, 0.2) is 0 Å². The number of carbonyl (C=O) groups is 2. The summed E-state index contributed by atoms with van der Waals surface area (Å²) >= 11 is 0. The van der Waals surface area contributed by atoms with Crippen molar-refractivity contribution in [2.24, 2.45) is 11.3 Å². The fourth-order valence-corrected chi connectivity index (χ4v) is 2.21. The number of carboxylic acids is 1. The summed E-state index contributed by atoms with van der Waals surface area (Å²) in [4.78, 5) is 22.8. The van der Waals surface area contributed by atoms with E-state index in [1.54, 1.807) is 13.8 Å². The number of hydrogen-bond donors (Lipinski definition) is 1. The molecule has 0 heterocycles. The molecule has 1 rings (SSSR count). The highest BCUT2D eigenvalue weighted by Crippen LogP contribution is 2.41. The molecular weight excluding hydrogens is 196 g/mol. The van der Waals surface area contributed by atoms with E-state index in [1.807, 2.05) is 0 Å². The van der Waals surface area contributed by atoms with Crippen LogP contribution in [0, 0.1) is 11.3 Å². The molecule has 0 aliphatic heterocycles. The summed E-state index contributed by atoms with van der Waals surface area (Å²) in [5.74, 6) is -1.73. The monoisotopic (exact) mass is 214 g/mol. The van der Waals surface area contributed by atoms with Crippen LogP contribution in [0.5, 0.6) is 0 Å². The molecule has 0 radical (unpaired) electrons. The fourth-order valence-electron chi connectivity index (χ4n) is 2.21. The van der Waals surface area contributed by atoms with E-state index in [2.05, 4.69) is 0 Å². The van der Waals surface area contributed by atoms with Crippen LogP contribution in [0.3, 0.4) is 0 Å². The zero-order chi connectivity index (χ0) is 11.5. The van der Waals surface area contributed by atoms with Crippen LogP contribution >= 0.6 is 0 Å². The Hall–Kier alpha value is -1.06. The van der Waals surface area contributed by atoms with Crippen LogP contribution in [0.4, 0.5) is 0 Å². The number of aliphatic carboxylic acids is 1. The Labute approximate surface area is 89.6 Å². The molecule has 2 unspecified atom stereocenters. The van der Waals surface area contributed by atoms with Crippen molar-refractivity contribution in [3.8, 4) is 0 Å². The number of carbonyl (C=O) groups excluding carboxylic acids is 1. The Morgan fingerprint density at radius 3 is 2.67 bits per heavy atom. The van der Waals surface area contributed by atoms with Gasteiger partial charge in [0, 0.05) is 0 Å². The van der Waals surface area contributed by atoms with Gasteiger partial charge < -0.3 is 9.84 Å². The van der Waals surface area contributed by atoms with E-state index >= 15 is 0 Å². The van der Waals surface area contributed by atoms with E-state index in [0.717, 1.165) is 12.8 Å². The molecule has 0 bridgehead atoms. The summed E-state index contributed by atoms with van der Waals surface area (Å²) < 4.78 is 4.92. The quantitative estimate of drug-likeness (QED) is 0.728. The van der Waals surface area contributed by atoms with Crippen molar-refractivity contribution in [2.75, 3.05) is 6.61 Å². The Morgan fingerprint density at radius 2 is 2.13 bits per heavy atom. The lowest BCUT2D eigenvalue weighted by Crippen LogP contribution is -2.43. The van der Waals surface area contributed by atoms with Crippen LogP contribution < -0.4 is 0 Å². The highest BCUT2D eigenvalue weighted by atomic mass is 16.5. The zero-order valence-electron chi connectivity index (χ0n) is 9.28. The number of rotatable bonds is 3. The first-order valence-electron chi connectivity index (χ1n) is 5.42. The lowest BCUT2D eigenvalue weighted by molar-refractivity contribution is -0.167. The molecule has 0 spiro atoms. The Morgan fingerprint density at radius 1 is 1.47 bits per heavy atom. The first-order valence-corrected chi connectivity index (χ1v) is 5.42. The standard InChI is InChI=1S/C11H18O4/c1-3-15-9(12)8-6-4-5-7-11(8,2)10(13)14/h8H,3-7H2,1-2H3,(H,13,14). The maximum Gasteiger partial charge on any atom is 0.310 e. The summed E-state index contributed by atoms with van der Waals surface area (Å²) in [6, 6.07) is 0. The van der Waals surface area contributed by atoms with Gasteiger partial charge in [-0.3, -0.25) is 9.59 Å². The smallest absolute Gasteiger partial charge is 0.310 e. The summed E-state index contributed by atoms with van der Waals surface area (Å²) in [7, 11) is 0. The van der Waals surface area contributed by atoms with Gasteiger partial charge in [-0.15, -0.1) is 0 Å². The van der Waals surface area contributed by atoms with Crippen molar-refractivity contribution >= 4 is 11.9 Å². The first kappa shape index (κ1) is 12.0. The SMILES string of the molecule is CCOC(=O)C1CCCCC1(C)C(=O)O. The molecule has 86 valence electrons. The molecule has 1 N–H and O–H groups in total. The van der Waals surface area contributed by atoms with Gasteiger partial charge >= 0.3 is 11.9 Å². The summed E-state index contributed by atoms with van der Waals surface area (Å²) in [6.07, 6.45) is 2.97. The average molecular weight is 214 g/mol. The van der Waals surface area contributed by atoms with E-state index in [1.165, 1.54) is 0 Å². The Bertz CT molecular complexity index is 261. The minimum Gasteiger partial charge on any atom is -0.481 e. The van der Waals surface area contributed by atoms with Crippen LogP contribution in [0.2, 0.25) is 0 Å². The van der Waals surface area contributed by atoms with Gasteiger partial charge in [-0.05, 0) is 26.7 Å². The minimum absolute atomic E-state index is 0.311. The minimum atomic E-state index is -0.940. The predicted molar refractivity (Wildman–Crippen MR) is 54.3 cm³/mol. The maximum atomic E-state index is 11.6. The third kappa shape index (κ3) is 2.30. The molecule has 0 aromatic carbocycles. The number of esters is 1. The van der Waals surface area contributed by atoms with Crippen molar-refractivity contribution in [3.05, 3.63) is 0 Å². The molecule has 4 nitrogen and oxygen atoms in total. The molecule has 1 fully saturated rings. The normalized spacial score (nSPS) is 30.9. The largest absolute Gasteiger partial charge is 0.481 e. The number of ether oxygens (including phenoxy) is 1. The molecule has 1 aliphatic rings. The van der Waals surface area contributed by atoms with Gasteiger partial charge in [-0.25, -0.2) is 0 Å². The van der Waals surface area contributed by atoms with Crippen LogP contribution in [-0.2, 0) is 14.3 Å². The van der Waals surface area contributed by atoms with Crippen LogP contribution in [0.15, 0.2) is 0 Å². The van der Waals surface area contributed by atoms with Crippen molar-refractivity contribution in [1.82, 2.24) is 0 Å². The lowest BCUT2D eigenvalue weighted by Gasteiger charge is -2.36. The Balaban J connectivity index is 2.82. The second-order valence-electron chi connectivity index (χ2n) is 4.27. The Kier molecular flexibility index (Phi) is 3.72. The van der Waals surface area contributed by atoms with E-state index in [9.17, 15) is 14.7 Å². The van der Waals surface area contributed by atoms with E-state index < -0.39 is 17.3 Å². The van der Waals surface area contributed by atoms with E-state index in [-0.39, 0.29) is 5.97 Å².